The van der Waals surface area contributed by atoms with E-state index in [9.17, 15) is 4.79 Å². The number of pyridine rings is 1. The molecule has 1 aromatic rings. The molecule has 0 spiro atoms. The molecule has 0 saturated carbocycles. The van der Waals surface area contributed by atoms with Gasteiger partial charge in [0.15, 0.2) is 0 Å². The van der Waals surface area contributed by atoms with E-state index in [-0.39, 0.29) is 12.5 Å². The van der Waals surface area contributed by atoms with Crippen molar-refractivity contribution in [1.82, 2.24) is 10.3 Å². The molecule has 3 nitrogen and oxygen atoms in total. The largest absolute Gasteiger partial charge is 0.349 e. The van der Waals surface area contributed by atoms with E-state index in [0.717, 1.165) is 0 Å². The molecule has 0 unspecified atom stereocenters. The third-order valence-corrected chi connectivity index (χ3v) is 1.67. The van der Waals surface area contributed by atoms with Crippen molar-refractivity contribution in [3.05, 3.63) is 30.1 Å². The van der Waals surface area contributed by atoms with Crippen LogP contribution in [0.1, 0.15) is 10.4 Å². The molecule has 5 heteroatoms. The second-order valence-corrected chi connectivity index (χ2v) is 3.61. The van der Waals surface area contributed by atoms with Gasteiger partial charge in [0.2, 0.25) is 0 Å². The predicted octanol–water partition coefficient (Wildman–Crippen LogP) is 1.62. The van der Waals surface area contributed by atoms with E-state index in [4.69, 9.17) is 23.2 Å². The zero-order valence-corrected chi connectivity index (χ0v) is 8.22. The van der Waals surface area contributed by atoms with Gasteiger partial charge in [-0.2, -0.15) is 0 Å². The van der Waals surface area contributed by atoms with E-state index in [1.807, 2.05) is 0 Å². The number of amides is 1. The molecule has 70 valence electrons. The van der Waals surface area contributed by atoms with Crippen molar-refractivity contribution in [2.24, 2.45) is 0 Å². The lowest BCUT2D eigenvalue weighted by molar-refractivity contribution is 0.0955. The van der Waals surface area contributed by atoms with Gasteiger partial charge in [0, 0.05) is 24.5 Å². The molecule has 13 heavy (non-hydrogen) atoms. The second kappa shape index (κ2) is 5.04. The van der Waals surface area contributed by atoms with Crippen LogP contribution in [0.2, 0.25) is 0 Å². The first-order chi connectivity index (χ1) is 6.20. The number of nitrogens with one attached hydrogen (secondary N) is 1. The van der Waals surface area contributed by atoms with E-state index in [1.165, 1.54) is 0 Å². The van der Waals surface area contributed by atoms with Crippen molar-refractivity contribution in [1.29, 1.82) is 0 Å². The Balaban J connectivity index is 2.50. The molecule has 0 bridgehead atoms. The monoisotopic (exact) mass is 218 g/mol. The van der Waals surface area contributed by atoms with Crippen molar-refractivity contribution in [2.75, 3.05) is 6.54 Å². The van der Waals surface area contributed by atoms with Gasteiger partial charge in [-0.15, -0.1) is 23.2 Å². The van der Waals surface area contributed by atoms with Crippen molar-refractivity contribution in [2.45, 2.75) is 4.84 Å². The van der Waals surface area contributed by atoms with Crippen LogP contribution in [-0.4, -0.2) is 22.3 Å². The molecule has 0 atom stereocenters. The first-order valence-electron chi connectivity index (χ1n) is 3.66. The Morgan fingerprint density at radius 1 is 1.46 bits per heavy atom. The number of carbonyl (C=O) groups excluding carboxylic acids is 1. The Morgan fingerprint density at radius 3 is 2.62 bits per heavy atom. The molecule has 0 aliphatic rings. The molecular weight excluding hydrogens is 211 g/mol. The fourth-order valence-electron chi connectivity index (χ4n) is 0.775. The molecule has 0 aromatic carbocycles. The van der Waals surface area contributed by atoms with Crippen LogP contribution in [0.4, 0.5) is 0 Å². The van der Waals surface area contributed by atoms with Crippen molar-refractivity contribution in [3.8, 4) is 0 Å². The van der Waals surface area contributed by atoms with Gasteiger partial charge in [0.25, 0.3) is 5.91 Å². The SMILES string of the molecule is O=C(NCC(Cl)Cl)c1ccncc1. The molecule has 0 fully saturated rings. The number of aromatic nitrogens is 1. The van der Waals surface area contributed by atoms with E-state index in [2.05, 4.69) is 10.3 Å². The number of nitrogens with zero attached hydrogens (tertiary/aromatic N) is 1. The maximum Gasteiger partial charge on any atom is 0.251 e. The summed E-state index contributed by atoms with van der Waals surface area (Å²) < 4.78 is 0. The lowest BCUT2D eigenvalue weighted by Gasteiger charge is -2.04. The summed E-state index contributed by atoms with van der Waals surface area (Å²) in [7, 11) is 0. The fraction of sp³-hybridized carbons (Fsp3) is 0.250. The van der Waals surface area contributed by atoms with Crippen LogP contribution in [0, 0.1) is 0 Å². The summed E-state index contributed by atoms with van der Waals surface area (Å²) in [4.78, 5) is 14.5. The quantitative estimate of drug-likeness (QED) is 0.784. The molecule has 0 radical (unpaired) electrons. The smallest absolute Gasteiger partial charge is 0.251 e. The van der Waals surface area contributed by atoms with E-state index < -0.39 is 4.84 Å². The summed E-state index contributed by atoms with van der Waals surface area (Å²) in [6.45, 7) is 0.240. The molecular formula is C8H8Cl2N2O. The maximum atomic E-state index is 11.3. The van der Waals surface area contributed by atoms with Gasteiger partial charge in [0.1, 0.15) is 4.84 Å². The Bertz CT molecular complexity index is 277. The van der Waals surface area contributed by atoms with E-state index >= 15 is 0 Å². The Labute approximate surface area is 86.1 Å². The third kappa shape index (κ3) is 3.61. The van der Waals surface area contributed by atoms with E-state index in [1.54, 1.807) is 24.5 Å². The Hall–Kier alpha value is -0.800. The Kier molecular flexibility index (Phi) is 3.99. The summed E-state index contributed by atoms with van der Waals surface area (Å²) in [5.74, 6) is -0.200. The molecule has 1 rings (SSSR count). The Morgan fingerprint density at radius 2 is 2.08 bits per heavy atom. The van der Waals surface area contributed by atoms with Crippen LogP contribution in [0.3, 0.4) is 0 Å². The van der Waals surface area contributed by atoms with Crippen LogP contribution < -0.4 is 5.32 Å². The topological polar surface area (TPSA) is 42.0 Å². The highest BCUT2D eigenvalue weighted by molar-refractivity contribution is 6.44. The summed E-state index contributed by atoms with van der Waals surface area (Å²) in [5.41, 5.74) is 0.545. The molecule has 1 amide bonds. The number of hydrogen-bond acceptors (Lipinski definition) is 2. The predicted molar refractivity (Wildman–Crippen MR) is 52.1 cm³/mol. The van der Waals surface area contributed by atoms with Gasteiger partial charge in [-0.25, -0.2) is 0 Å². The molecule has 1 N–H and O–H groups in total. The highest BCUT2D eigenvalue weighted by atomic mass is 35.5. The van der Waals surface area contributed by atoms with Crippen LogP contribution in [0.5, 0.6) is 0 Å². The van der Waals surface area contributed by atoms with Crippen LogP contribution in [-0.2, 0) is 0 Å². The lowest BCUT2D eigenvalue weighted by atomic mass is 10.2. The maximum absolute atomic E-state index is 11.3. The summed E-state index contributed by atoms with van der Waals surface area (Å²) in [6, 6.07) is 3.24. The number of hydrogen-bond donors (Lipinski definition) is 1. The molecule has 1 aromatic heterocycles. The minimum Gasteiger partial charge on any atom is -0.349 e. The molecule has 0 saturated heterocycles. The minimum atomic E-state index is -0.578. The number of alkyl halides is 2. The summed E-state index contributed by atoms with van der Waals surface area (Å²) >= 11 is 10.9. The number of halogens is 2. The first-order valence-corrected chi connectivity index (χ1v) is 4.54. The van der Waals surface area contributed by atoms with Gasteiger partial charge < -0.3 is 5.32 Å². The second-order valence-electron chi connectivity index (χ2n) is 2.34. The molecule has 0 aliphatic heterocycles. The average molecular weight is 219 g/mol. The minimum absolute atomic E-state index is 0.200. The van der Waals surface area contributed by atoms with Gasteiger partial charge in [0.05, 0.1) is 0 Å². The average Bonchev–Trinajstić information content (AvgIpc) is 2.15. The van der Waals surface area contributed by atoms with E-state index in [0.29, 0.717) is 5.56 Å². The highest BCUT2D eigenvalue weighted by Crippen LogP contribution is 2.00. The zero-order valence-electron chi connectivity index (χ0n) is 6.71. The highest BCUT2D eigenvalue weighted by Gasteiger charge is 2.05. The number of rotatable bonds is 3. The summed E-state index contributed by atoms with van der Waals surface area (Å²) in [6.07, 6.45) is 3.10. The number of carbonyl (C=O) groups is 1. The van der Waals surface area contributed by atoms with Crippen LogP contribution in [0.15, 0.2) is 24.5 Å². The van der Waals surface area contributed by atoms with Gasteiger partial charge in [-0.3, -0.25) is 9.78 Å². The van der Waals surface area contributed by atoms with Crippen LogP contribution in [0.25, 0.3) is 0 Å². The molecule has 0 aliphatic carbocycles. The van der Waals surface area contributed by atoms with Gasteiger partial charge in [-0.05, 0) is 12.1 Å². The van der Waals surface area contributed by atoms with Crippen LogP contribution >= 0.6 is 23.2 Å². The standard InChI is InChI=1S/C8H8Cl2N2O/c9-7(10)5-12-8(13)6-1-3-11-4-2-6/h1-4,7H,5H2,(H,12,13). The fourth-order valence-corrected chi connectivity index (χ4v) is 0.930. The van der Waals surface area contributed by atoms with Crippen molar-refractivity contribution < 1.29 is 4.79 Å². The normalized spacial score (nSPS) is 10.1. The zero-order chi connectivity index (χ0) is 9.68. The third-order valence-electron chi connectivity index (χ3n) is 1.36. The first kappa shape index (κ1) is 10.3. The van der Waals surface area contributed by atoms with Crippen molar-refractivity contribution >= 4 is 29.1 Å². The summed E-state index contributed by atoms with van der Waals surface area (Å²) in [5, 5.41) is 2.57. The van der Waals surface area contributed by atoms with Gasteiger partial charge >= 0.3 is 0 Å². The van der Waals surface area contributed by atoms with Gasteiger partial charge in [-0.1, -0.05) is 0 Å². The lowest BCUT2D eigenvalue weighted by Crippen LogP contribution is -2.27. The molecule has 1 heterocycles. The van der Waals surface area contributed by atoms with Crippen molar-refractivity contribution in [3.63, 3.8) is 0 Å².